The molecule has 2 aromatic heterocycles. The van der Waals surface area contributed by atoms with Crippen molar-refractivity contribution in [2.45, 2.75) is 51.9 Å². The van der Waals surface area contributed by atoms with Crippen LogP contribution in [0.1, 0.15) is 54.8 Å². The average Bonchev–Trinajstić information content (AvgIpc) is 3.16. The molecule has 5 heteroatoms. The van der Waals surface area contributed by atoms with Crippen molar-refractivity contribution in [3.8, 4) is 17.1 Å². The molecule has 0 amide bonds. The summed E-state index contributed by atoms with van der Waals surface area (Å²) in [6, 6.07) is 5.76. The third-order valence-electron chi connectivity index (χ3n) is 5.57. The maximum absolute atomic E-state index is 12.1. The number of hydrogen-bond acceptors (Lipinski definition) is 5. The predicted molar refractivity (Wildman–Crippen MR) is 99.8 cm³/mol. The predicted octanol–water partition coefficient (Wildman–Crippen LogP) is 5.12. The van der Waals surface area contributed by atoms with E-state index in [1.54, 1.807) is 14.0 Å². The topological polar surface area (TPSA) is 65.5 Å². The Morgan fingerprint density at radius 2 is 1.85 bits per heavy atom. The fraction of sp³-hybridized carbons (Fsp3) is 0.429. The number of hydrogen-bond donors (Lipinski definition) is 0. The maximum Gasteiger partial charge on any atom is 0.339 e. The van der Waals surface area contributed by atoms with Gasteiger partial charge in [-0.25, -0.2) is 4.79 Å². The Morgan fingerprint density at radius 1 is 1.08 bits per heavy atom. The van der Waals surface area contributed by atoms with Gasteiger partial charge in [-0.2, -0.15) is 0 Å². The van der Waals surface area contributed by atoms with Gasteiger partial charge in [-0.15, -0.1) is 0 Å². The summed E-state index contributed by atoms with van der Waals surface area (Å²) in [5, 5.41) is 5.11. The monoisotopic (exact) mass is 353 g/mol. The van der Waals surface area contributed by atoms with E-state index in [1.807, 2.05) is 25.1 Å². The zero-order valence-corrected chi connectivity index (χ0v) is 15.4. The molecule has 0 atom stereocenters. The number of aromatic nitrogens is 1. The van der Waals surface area contributed by atoms with Crippen molar-refractivity contribution in [1.82, 2.24) is 5.16 Å². The zero-order valence-electron chi connectivity index (χ0n) is 15.4. The molecule has 5 nitrogen and oxygen atoms in total. The number of ether oxygens (including phenoxy) is 1. The highest BCUT2D eigenvalue weighted by atomic mass is 16.5. The molecule has 136 valence electrons. The Morgan fingerprint density at radius 3 is 2.58 bits per heavy atom. The molecular formula is C21H23NO4. The van der Waals surface area contributed by atoms with Crippen LogP contribution in [-0.2, 0) is 0 Å². The van der Waals surface area contributed by atoms with Gasteiger partial charge in [0.05, 0.1) is 18.2 Å². The van der Waals surface area contributed by atoms with Crippen LogP contribution in [0.15, 0.2) is 31.9 Å². The van der Waals surface area contributed by atoms with Crippen LogP contribution in [0.25, 0.3) is 22.3 Å². The molecule has 0 spiro atoms. The van der Waals surface area contributed by atoms with Crippen LogP contribution in [-0.4, -0.2) is 12.3 Å². The second-order valence-corrected chi connectivity index (χ2v) is 7.14. The Labute approximate surface area is 151 Å². The molecule has 0 aliphatic heterocycles. The number of fused-ring (bicyclic) bond motifs is 1. The summed E-state index contributed by atoms with van der Waals surface area (Å²) in [4.78, 5) is 12.1. The summed E-state index contributed by atoms with van der Waals surface area (Å²) in [6.07, 6.45) is 6.14. The quantitative estimate of drug-likeness (QED) is 0.611. The minimum absolute atomic E-state index is 0.324. The maximum atomic E-state index is 12.1. The summed E-state index contributed by atoms with van der Waals surface area (Å²) < 4.78 is 16.7. The lowest BCUT2D eigenvalue weighted by Crippen LogP contribution is -2.06. The van der Waals surface area contributed by atoms with Gasteiger partial charge in [0.25, 0.3) is 0 Å². The molecule has 1 aromatic carbocycles. The lowest BCUT2D eigenvalue weighted by molar-refractivity contribution is 0.385. The molecule has 1 aliphatic rings. The first-order valence-electron chi connectivity index (χ1n) is 9.17. The van der Waals surface area contributed by atoms with Crippen LogP contribution in [0.4, 0.5) is 0 Å². The van der Waals surface area contributed by atoms with Gasteiger partial charge in [0.15, 0.2) is 5.76 Å². The number of benzene rings is 1. The van der Waals surface area contributed by atoms with Crippen molar-refractivity contribution < 1.29 is 13.7 Å². The SMILES string of the molecule is COc1cc(-c2cc(C3CCCCC3)no2)cc2oc(=O)c(C)c(C)c12. The highest BCUT2D eigenvalue weighted by molar-refractivity contribution is 5.91. The Balaban J connectivity index is 1.81. The van der Waals surface area contributed by atoms with Crippen LogP contribution >= 0.6 is 0 Å². The van der Waals surface area contributed by atoms with Crippen LogP contribution < -0.4 is 10.4 Å². The molecule has 0 unspecified atom stereocenters. The molecular weight excluding hydrogens is 330 g/mol. The number of rotatable bonds is 3. The summed E-state index contributed by atoms with van der Waals surface area (Å²) in [5.41, 5.74) is 3.47. The van der Waals surface area contributed by atoms with Crippen molar-refractivity contribution in [3.63, 3.8) is 0 Å². The molecule has 0 N–H and O–H groups in total. The standard InChI is InChI=1S/C21H23NO4/c1-12-13(2)21(23)25-19-10-15(9-18(24-3)20(12)19)17-11-16(22-26-17)14-7-5-4-6-8-14/h9-11,14H,4-8H2,1-3H3. The second kappa shape index (κ2) is 6.63. The third kappa shape index (κ3) is 2.81. The van der Waals surface area contributed by atoms with E-state index in [2.05, 4.69) is 5.16 Å². The highest BCUT2D eigenvalue weighted by Gasteiger charge is 2.21. The van der Waals surface area contributed by atoms with Crippen molar-refractivity contribution in [2.24, 2.45) is 0 Å². The molecule has 0 saturated heterocycles. The fourth-order valence-corrected chi connectivity index (χ4v) is 3.88. The normalized spacial score (nSPS) is 15.5. The molecule has 26 heavy (non-hydrogen) atoms. The van der Waals surface area contributed by atoms with E-state index in [0.29, 0.717) is 28.6 Å². The smallest absolute Gasteiger partial charge is 0.339 e. The van der Waals surface area contributed by atoms with Crippen molar-refractivity contribution in [1.29, 1.82) is 0 Å². The zero-order chi connectivity index (χ0) is 18.3. The van der Waals surface area contributed by atoms with Gasteiger partial charge in [0.1, 0.15) is 11.3 Å². The van der Waals surface area contributed by atoms with E-state index in [4.69, 9.17) is 13.7 Å². The van der Waals surface area contributed by atoms with Gasteiger partial charge < -0.3 is 13.7 Å². The minimum Gasteiger partial charge on any atom is -0.496 e. The van der Waals surface area contributed by atoms with E-state index < -0.39 is 0 Å². The van der Waals surface area contributed by atoms with Crippen molar-refractivity contribution in [3.05, 3.63) is 45.4 Å². The first kappa shape index (κ1) is 16.9. The van der Waals surface area contributed by atoms with E-state index >= 15 is 0 Å². The van der Waals surface area contributed by atoms with E-state index in [9.17, 15) is 4.79 Å². The molecule has 2 heterocycles. The van der Waals surface area contributed by atoms with Crippen molar-refractivity contribution in [2.75, 3.05) is 7.11 Å². The van der Waals surface area contributed by atoms with Crippen LogP contribution in [0, 0.1) is 13.8 Å². The fourth-order valence-electron chi connectivity index (χ4n) is 3.88. The lowest BCUT2D eigenvalue weighted by Gasteiger charge is -2.18. The van der Waals surface area contributed by atoms with E-state index in [-0.39, 0.29) is 5.63 Å². The highest BCUT2D eigenvalue weighted by Crippen LogP contribution is 2.37. The Hall–Kier alpha value is -2.56. The Bertz CT molecular complexity index is 1010. The summed E-state index contributed by atoms with van der Waals surface area (Å²) in [6.45, 7) is 3.67. The average molecular weight is 353 g/mol. The lowest BCUT2D eigenvalue weighted by atomic mass is 9.87. The molecule has 4 rings (SSSR count). The second-order valence-electron chi connectivity index (χ2n) is 7.14. The van der Waals surface area contributed by atoms with Gasteiger partial charge >= 0.3 is 5.63 Å². The Kier molecular flexibility index (Phi) is 4.31. The largest absolute Gasteiger partial charge is 0.496 e. The first-order valence-corrected chi connectivity index (χ1v) is 9.17. The summed E-state index contributed by atoms with van der Waals surface area (Å²) in [7, 11) is 1.62. The van der Waals surface area contributed by atoms with Gasteiger partial charge in [-0.05, 0) is 44.4 Å². The van der Waals surface area contributed by atoms with Crippen LogP contribution in [0.3, 0.4) is 0 Å². The van der Waals surface area contributed by atoms with Gasteiger partial charge in [-0.3, -0.25) is 0 Å². The minimum atomic E-state index is -0.324. The molecule has 1 aliphatic carbocycles. The van der Waals surface area contributed by atoms with Crippen molar-refractivity contribution >= 4 is 11.0 Å². The molecule has 3 aromatic rings. The first-order chi connectivity index (χ1) is 12.6. The van der Waals surface area contributed by atoms with Gasteiger partial charge in [0.2, 0.25) is 0 Å². The summed E-state index contributed by atoms with van der Waals surface area (Å²) >= 11 is 0. The number of methoxy groups -OCH3 is 1. The van der Waals surface area contributed by atoms with Crippen LogP contribution in [0.5, 0.6) is 5.75 Å². The molecule has 1 fully saturated rings. The molecule has 0 radical (unpaired) electrons. The van der Waals surface area contributed by atoms with E-state index in [0.717, 1.165) is 22.2 Å². The number of aryl methyl sites for hydroxylation is 1. The van der Waals surface area contributed by atoms with Crippen LogP contribution in [0.2, 0.25) is 0 Å². The van der Waals surface area contributed by atoms with Gasteiger partial charge in [0, 0.05) is 23.1 Å². The third-order valence-corrected chi connectivity index (χ3v) is 5.57. The molecule has 1 saturated carbocycles. The van der Waals surface area contributed by atoms with Gasteiger partial charge in [-0.1, -0.05) is 24.4 Å². The van der Waals surface area contributed by atoms with E-state index in [1.165, 1.54) is 32.1 Å². The summed E-state index contributed by atoms with van der Waals surface area (Å²) in [5.74, 6) is 1.82. The number of nitrogens with zero attached hydrogens (tertiary/aromatic N) is 1. The molecule has 0 bridgehead atoms.